The van der Waals surface area contributed by atoms with Crippen molar-refractivity contribution < 1.29 is 28.6 Å². The lowest BCUT2D eigenvalue weighted by Gasteiger charge is -2.18. The Morgan fingerprint density at radius 3 is 0.797 bits per heavy atom. The Balaban J connectivity index is 4.50. The lowest BCUT2D eigenvalue weighted by molar-refractivity contribution is -0.166. The molecule has 79 heavy (non-hydrogen) atoms. The third kappa shape index (κ3) is 63.2. The highest BCUT2D eigenvalue weighted by atomic mass is 16.6. The van der Waals surface area contributed by atoms with E-state index in [2.05, 4.69) is 191 Å². The number of ether oxygens (including phenoxy) is 3. The summed E-state index contributed by atoms with van der Waals surface area (Å²) >= 11 is 0. The summed E-state index contributed by atoms with van der Waals surface area (Å²) in [4.78, 5) is 38.2. The van der Waals surface area contributed by atoms with Gasteiger partial charge in [-0.1, -0.05) is 261 Å². The first-order valence-electron chi connectivity index (χ1n) is 31.3. The maximum absolute atomic E-state index is 12.9. The zero-order valence-corrected chi connectivity index (χ0v) is 50.3. The Hall–Kier alpha value is -5.49. The lowest BCUT2D eigenvalue weighted by Crippen LogP contribution is -2.30. The van der Waals surface area contributed by atoms with Gasteiger partial charge in [-0.2, -0.15) is 0 Å². The zero-order chi connectivity index (χ0) is 57.1. The van der Waals surface area contributed by atoms with Crippen molar-refractivity contribution in [2.24, 2.45) is 0 Å². The zero-order valence-electron chi connectivity index (χ0n) is 50.3. The lowest BCUT2D eigenvalue weighted by atomic mass is 10.0. The van der Waals surface area contributed by atoms with Gasteiger partial charge in [0, 0.05) is 19.3 Å². The molecule has 6 heteroatoms. The summed E-state index contributed by atoms with van der Waals surface area (Å²) in [5.41, 5.74) is 0. The van der Waals surface area contributed by atoms with Gasteiger partial charge in [-0.25, -0.2) is 0 Å². The first-order valence-corrected chi connectivity index (χ1v) is 31.3. The molecule has 0 aromatic carbocycles. The van der Waals surface area contributed by atoms with Gasteiger partial charge in [0.15, 0.2) is 6.10 Å². The largest absolute Gasteiger partial charge is 0.462 e. The summed E-state index contributed by atoms with van der Waals surface area (Å²) in [6.07, 6.45) is 97.7. The van der Waals surface area contributed by atoms with Crippen molar-refractivity contribution in [3.8, 4) is 0 Å². The van der Waals surface area contributed by atoms with Crippen LogP contribution in [0.4, 0.5) is 0 Å². The van der Waals surface area contributed by atoms with E-state index in [1.807, 2.05) is 12.2 Å². The predicted octanol–water partition coefficient (Wildman–Crippen LogP) is 21.7. The minimum atomic E-state index is -0.835. The molecule has 0 aromatic rings. The van der Waals surface area contributed by atoms with Gasteiger partial charge in [-0.15, -0.1) is 0 Å². The van der Waals surface area contributed by atoms with E-state index in [0.29, 0.717) is 19.3 Å². The van der Waals surface area contributed by atoms with Crippen molar-refractivity contribution >= 4 is 17.9 Å². The molecule has 0 saturated heterocycles. The Labute approximate surface area is 484 Å². The van der Waals surface area contributed by atoms with Gasteiger partial charge >= 0.3 is 17.9 Å². The van der Waals surface area contributed by atoms with Crippen LogP contribution in [0.2, 0.25) is 0 Å². The number of allylic oxidation sites excluding steroid dienone is 30. The van der Waals surface area contributed by atoms with Gasteiger partial charge in [-0.3, -0.25) is 14.4 Å². The number of rotatable bonds is 54. The van der Waals surface area contributed by atoms with E-state index < -0.39 is 6.10 Å². The third-order valence-corrected chi connectivity index (χ3v) is 12.4. The van der Waals surface area contributed by atoms with Crippen LogP contribution in [0.3, 0.4) is 0 Å². The number of hydrogen-bond acceptors (Lipinski definition) is 6. The van der Waals surface area contributed by atoms with Crippen molar-refractivity contribution in [2.45, 2.75) is 245 Å². The molecule has 440 valence electrons. The van der Waals surface area contributed by atoms with Crippen LogP contribution in [0.25, 0.3) is 0 Å². The van der Waals surface area contributed by atoms with Gasteiger partial charge in [0.1, 0.15) is 13.2 Å². The molecule has 0 aliphatic heterocycles. The van der Waals surface area contributed by atoms with Crippen molar-refractivity contribution in [1.29, 1.82) is 0 Å². The monoisotopic (exact) mass is 1080 g/mol. The summed E-state index contributed by atoms with van der Waals surface area (Å²) in [6, 6.07) is 0. The smallest absolute Gasteiger partial charge is 0.306 e. The second-order valence-electron chi connectivity index (χ2n) is 19.8. The molecule has 0 aliphatic carbocycles. The molecule has 0 radical (unpaired) electrons. The Morgan fingerprint density at radius 1 is 0.253 bits per heavy atom. The van der Waals surface area contributed by atoms with Crippen molar-refractivity contribution in [1.82, 2.24) is 0 Å². The van der Waals surface area contributed by atoms with Gasteiger partial charge in [0.05, 0.1) is 0 Å². The molecule has 0 spiro atoms. The molecule has 0 rings (SSSR count). The molecule has 0 saturated carbocycles. The molecule has 1 atom stereocenters. The summed E-state index contributed by atoms with van der Waals surface area (Å²) in [5, 5.41) is 0. The van der Waals surface area contributed by atoms with Gasteiger partial charge in [0.25, 0.3) is 0 Å². The summed E-state index contributed by atoms with van der Waals surface area (Å²) in [6.45, 7) is 6.19. The topological polar surface area (TPSA) is 78.9 Å². The van der Waals surface area contributed by atoms with E-state index in [4.69, 9.17) is 14.2 Å². The maximum Gasteiger partial charge on any atom is 0.306 e. The summed E-state index contributed by atoms with van der Waals surface area (Å²) in [5.74, 6) is -1.05. The van der Waals surface area contributed by atoms with E-state index in [9.17, 15) is 14.4 Å². The molecule has 0 bridgehead atoms. The van der Waals surface area contributed by atoms with Crippen molar-refractivity contribution in [3.63, 3.8) is 0 Å². The van der Waals surface area contributed by atoms with Gasteiger partial charge in [-0.05, 0) is 141 Å². The Morgan fingerprint density at radius 2 is 0.481 bits per heavy atom. The fourth-order valence-electron chi connectivity index (χ4n) is 7.84. The molecule has 0 heterocycles. The number of carbonyl (C=O) groups is 3. The standard InChI is InChI=1S/C73H112O6/c1-4-7-10-13-16-19-22-25-27-29-31-33-35-36-38-39-41-43-45-48-51-54-57-60-63-66-72(75)78-69-70(68-77-71(74)65-62-59-56-53-50-47-24-21-18-15-12-9-6-3)79-73(76)67-64-61-58-55-52-49-46-44-42-40-37-34-32-30-28-26-23-20-17-14-11-8-5-2/h7-12,16-21,25-28,31-34,36,38,41,43,47-48,50-51,56,59,70H,4-6,13-15,22-24,29-30,35,37,39-40,42,44-46,49,52-55,57-58,60-69H2,1-3H3/b10-7-,11-8-,12-9-,19-16-,20-17-,21-18-,27-25-,28-26-,33-31-,34-32-,38-36-,43-41-,50-47-,51-48-,59-56-. The quantitative estimate of drug-likeness (QED) is 0.0261. The maximum atomic E-state index is 12.9. The van der Waals surface area contributed by atoms with E-state index >= 15 is 0 Å². The average molecular weight is 1090 g/mol. The molecule has 1 unspecified atom stereocenters. The number of unbranched alkanes of at least 4 members (excludes halogenated alkanes) is 13. The van der Waals surface area contributed by atoms with E-state index in [1.165, 1.54) is 44.9 Å². The SMILES string of the molecule is CC/C=C\C/C=C\C/C=C\C/C=C\C/C=C\C/C=C\C/C=C\CCCCCC(=O)OCC(COC(=O)CC/C=C\C/C=C\C/C=C\C/C=C\CC)OC(=O)CCCCCCCCCCCC/C=C\C/C=C\C/C=C\C/C=C\CC. The van der Waals surface area contributed by atoms with E-state index in [1.54, 1.807) is 0 Å². The molecular formula is C73H112O6. The number of hydrogen-bond donors (Lipinski definition) is 0. The van der Waals surface area contributed by atoms with Crippen molar-refractivity contribution in [2.75, 3.05) is 13.2 Å². The predicted molar refractivity (Wildman–Crippen MR) is 343 cm³/mol. The van der Waals surface area contributed by atoms with Crippen LogP contribution in [-0.4, -0.2) is 37.2 Å². The highest BCUT2D eigenvalue weighted by molar-refractivity contribution is 5.71. The fourth-order valence-corrected chi connectivity index (χ4v) is 7.84. The van der Waals surface area contributed by atoms with Crippen LogP contribution in [0.1, 0.15) is 239 Å². The van der Waals surface area contributed by atoms with Crippen LogP contribution in [0.5, 0.6) is 0 Å². The highest BCUT2D eigenvalue weighted by Crippen LogP contribution is 2.14. The van der Waals surface area contributed by atoms with Crippen LogP contribution in [0, 0.1) is 0 Å². The van der Waals surface area contributed by atoms with E-state index in [0.717, 1.165) is 148 Å². The minimum Gasteiger partial charge on any atom is -0.462 e. The minimum absolute atomic E-state index is 0.128. The number of esters is 3. The van der Waals surface area contributed by atoms with Gasteiger partial charge < -0.3 is 14.2 Å². The molecule has 6 nitrogen and oxygen atoms in total. The molecule has 0 aromatic heterocycles. The van der Waals surface area contributed by atoms with Crippen LogP contribution in [0.15, 0.2) is 182 Å². The third-order valence-electron chi connectivity index (χ3n) is 12.4. The van der Waals surface area contributed by atoms with Crippen LogP contribution >= 0.6 is 0 Å². The van der Waals surface area contributed by atoms with Crippen molar-refractivity contribution in [3.05, 3.63) is 182 Å². The van der Waals surface area contributed by atoms with Crippen LogP contribution in [-0.2, 0) is 28.6 Å². The Bertz CT molecular complexity index is 1870. The first kappa shape index (κ1) is 73.5. The molecule has 0 amide bonds. The van der Waals surface area contributed by atoms with E-state index in [-0.39, 0.29) is 37.5 Å². The molecular weight excluding hydrogens is 973 g/mol. The fraction of sp³-hybridized carbons (Fsp3) is 0.548. The average Bonchev–Trinajstić information content (AvgIpc) is 3.45. The summed E-state index contributed by atoms with van der Waals surface area (Å²) < 4.78 is 16.8. The van der Waals surface area contributed by atoms with Crippen LogP contribution < -0.4 is 0 Å². The Kier molecular flexibility index (Phi) is 60.5. The summed E-state index contributed by atoms with van der Waals surface area (Å²) in [7, 11) is 0. The molecule has 0 N–H and O–H groups in total. The second-order valence-corrected chi connectivity index (χ2v) is 19.8. The number of carbonyl (C=O) groups excluding carboxylic acids is 3. The second kappa shape index (κ2) is 65.0. The molecule has 0 fully saturated rings. The highest BCUT2D eigenvalue weighted by Gasteiger charge is 2.19. The van der Waals surface area contributed by atoms with Gasteiger partial charge in [0.2, 0.25) is 0 Å². The normalized spacial score (nSPS) is 13.4. The first-order chi connectivity index (χ1) is 39.0. The molecule has 0 aliphatic rings.